The van der Waals surface area contributed by atoms with E-state index < -0.39 is 6.17 Å². The third-order valence-electron chi connectivity index (χ3n) is 7.17. The van der Waals surface area contributed by atoms with Gasteiger partial charge in [0, 0.05) is 23.5 Å². The van der Waals surface area contributed by atoms with Crippen molar-refractivity contribution in [2.24, 2.45) is 0 Å². The lowest BCUT2D eigenvalue weighted by atomic mass is 10.0. The number of benzene rings is 2. The highest BCUT2D eigenvalue weighted by atomic mass is 19.1. The summed E-state index contributed by atoms with van der Waals surface area (Å²) in [4.78, 5) is 9.20. The van der Waals surface area contributed by atoms with Crippen LogP contribution in [0.5, 0.6) is 5.75 Å². The van der Waals surface area contributed by atoms with E-state index in [0.717, 1.165) is 41.8 Å². The van der Waals surface area contributed by atoms with E-state index in [-0.39, 0.29) is 6.61 Å². The fourth-order valence-electron chi connectivity index (χ4n) is 4.70. The second-order valence-electron chi connectivity index (χ2n) is 10.5. The molecule has 3 aromatic rings. The molecule has 1 aromatic heterocycles. The quantitative estimate of drug-likeness (QED) is 0.148. The molecule has 0 saturated heterocycles. The number of alkyl halides is 1. The first-order chi connectivity index (χ1) is 18.7. The van der Waals surface area contributed by atoms with Crippen molar-refractivity contribution < 1.29 is 9.13 Å². The molecule has 0 spiro atoms. The van der Waals surface area contributed by atoms with Gasteiger partial charge in [-0.05, 0) is 42.5 Å². The molecule has 2 aromatic carbocycles. The predicted molar refractivity (Wildman–Crippen MR) is 158 cm³/mol. The Hall–Kier alpha value is -2.75. The largest absolute Gasteiger partial charge is 0.491 e. The van der Waals surface area contributed by atoms with Gasteiger partial charge in [0.1, 0.15) is 18.5 Å². The maximum atomic E-state index is 13.8. The van der Waals surface area contributed by atoms with Crippen LogP contribution in [0.4, 0.5) is 4.39 Å². The highest BCUT2D eigenvalue weighted by Crippen LogP contribution is 2.24. The van der Waals surface area contributed by atoms with Crippen LogP contribution in [-0.4, -0.2) is 22.7 Å². The molecule has 4 heteroatoms. The number of ether oxygens (including phenoxy) is 1. The van der Waals surface area contributed by atoms with Gasteiger partial charge in [0.15, 0.2) is 5.82 Å². The van der Waals surface area contributed by atoms with Gasteiger partial charge >= 0.3 is 0 Å². The van der Waals surface area contributed by atoms with Crippen LogP contribution in [0.3, 0.4) is 0 Å². The van der Waals surface area contributed by atoms with Gasteiger partial charge in [0.05, 0.1) is 0 Å². The summed E-state index contributed by atoms with van der Waals surface area (Å²) < 4.78 is 19.4. The Morgan fingerprint density at radius 3 is 1.79 bits per heavy atom. The van der Waals surface area contributed by atoms with Crippen LogP contribution in [0.25, 0.3) is 22.5 Å². The summed E-state index contributed by atoms with van der Waals surface area (Å²) in [7, 11) is 0. The molecule has 0 aliphatic carbocycles. The minimum Gasteiger partial charge on any atom is -0.491 e. The number of hydrogen-bond donors (Lipinski definition) is 0. The van der Waals surface area contributed by atoms with Crippen molar-refractivity contribution in [2.75, 3.05) is 6.61 Å². The number of hydrogen-bond acceptors (Lipinski definition) is 3. The van der Waals surface area contributed by atoms with Gasteiger partial charge in [0.2, 0.25) is 0 Å². The van der Waals surface area contributed by atoms with Crippen molar-refractivity contribution in [3.63, 3.8) is 0 Å². The van der Waals surface area contributed by atoms with Gasteiger partial charge < -0.3 is 4.74 Å². The normalized spacial score (nSPS) is 12.0. The van der Waals surface area contributed by atoms with Crippen LogP contribution < -0.4 is 4.74 Å². The molecular weight excluding hydrogens is 471 g/mol. The Labute approximate surface area is 230 Å². The van der Waals surface area contributed by atoms with Crippen molar-refractivity contribution in [2.45, 2.75) is 110 Å². The Morgan fingerprint density at radius 2 is 1.18 bits per heavy atom. The predicted octanol–water partition coefficient (Wildman–Crippen LogP) is 10.2. The fourth-order valence-corrected chi connectivity index (χ4v) is 4.70. The minimum atomic E-state index is -0.913. The molecule has 1 heterocycles. The highest BCUT2D eigenvalue weighted by molar-refractivity contribution is 5.64. The lowest BCUT2D eigenvalue weighted by Crippen LogP contribution is -2.12. The molecular formula is C34H47FN2O. The smallest absolute Gasteiger partial charge is 0.159 e. The zero-order chi connectivity index (χ0) is 26.8. The standard InChI is InChI=1S/C34H47FN2O/c1-3-5-7-8-9-10-11-12-13-14-15-28-17-19-30(20-18-28)34-36-25-31(26-37-34)29-21-23-33(24-22-29)38-27-32(35)16-6-4-2/h17-26,32H,3-16,27H2,1-2H3. The molecule has 0 amide bonds. The van der Waals surface area contributed by atoms with E-state index in [1.54, 1.807) is 0 Å². The summed E-state index contributed by atoms with van der Waals surface area (Å²) in [5.74, 6) is 1.42. The zero-order valence-electron chi connectivity index (χ0n) is 23.6. The minimum absolute atomic E-state index is 0.106. The zero-order valence-corrected chi connectivity index (χ0v) is 23.6. The highest BCUT2D eigenvalue weighted by Gasteiger charge is 2.08. The van der Waals surface area contributed by atoms with E-state index >= 15 is 0 Å². The molecule has 0 fully saturated rings. The van der Waals surface area contributed by atoms with E-state index in [9.17, 15) is 4.39 Å². The molecule has 0 bridgehead atoms. The molecule has 1 unspecified atom stereocenters. The second kappa shape index (κ2) is 17.7. The van der Waals surface area contributed by atoms with E-state index in [1.807, 2.05) is 36.7 Å². The number of rotatable bonds is 19. The van der Waals surface area contributed by atoms with Gasteiger partial charge in [-0.25, -0.2) is 14.4 Å². The number of unbranched alkanes of at least 4 members (excludes halogenated alkanes) is 10. The van der Waals surface area contributed by atoms with Crippen LogP contribution in [0.1, 0.15) is 103 Å². The molecule has 0 radical (unpaired) electrons. The van der Waals surface area contributed by atoms with Crippen molar-refractivity contribution in [1.29, 1.82) is 0 Å². The van der Waals surface area contributed by atoms with Crippen molar-refractivity contribution in [3.05, 3.63) is 66.5 Å². The van der Waals surface area contributed by atoms with E-state index in [2.05, 4.69) is 48.1 Å². The van der Waals surface area contributed by atoms with E-state index in [4.69, 9.17) is 4.74 Å². The number of aryl methyl sites for hydroxylation is 1. The third-order valence-corrected chi connectivity index (χ3v) is 7.17. The average molecular weight is 519 g/mol. The Morgan fingerprint density at radius 1 is 0.632 bits per heavy atom. The van der Waals surface area contributed by atoms with Gasteiger partial charge in [-0.15, -0.1) is 0 Å². The first-order valence-electron chi connectivity index (χ1n) is 15.0. The van der Waals surface area contributed by atoms with E-state index in [0.29, 0.717) is 12.2 Å². The fraction of sp³-hybridized carbons (Fsp3) is 0.529. The maximum absolute atomic E-state index is 13.8. The molecule has 3 nitrogen and oxygen atoms in total. The topological polar surface area (TPSA) is 35.0 Å². The number of halogens is 1. The molecule has 1 atom stereocenters. The van der Waals surface area contributed by atoms with Crippen LogP contribution in [-0.2, 0) is 6.42 Å². The monoisotopic (exact) mass is 518 g/mol. The Balaban J connectivity index is 1.39. The van der Waals surface area contributed by atoms with Gasteiger partial charge in [-0.3, -0.25) is 0 Å². The van der Waals surface area contributed by atoms with Crippen LogP contribution in [0.15, 0.2) is 60.9 Å². The summed E-state index contributed by atoms with van der Waals surface area (Å²) in [5, 5.41) is 0. The second-order valence-corrected chi connectivity index (χ2v) is 10.5. The van der Waals surface area contributed by atoms with Gasteiger partial charge in [-0.2, -0.15) is 0 Å². The third kappa shape index (κ3) is 10.9. The van der Waals surface area contributed by atoms with Gasteiger partial charge in [-0.1, -0.05) is 121 Å². The average Bonchev–Trinajstić information content (AvgIpc) is 2.96. The van der Waals surface area contributed by atoms with Crippen LogP contribution >= 0.6 is 0 Å². The number of aromatic nitrogens is 2. The molecule has 0 aliphatic rings. The molecule has 3 rings (SSSR count). The van der Waals surface area contributed by atoms with Crippen molar-refractivity contribution >= 4 is 0 Å². The molecule has 0 N–H and O–H groups in total. The Bertz CT molecular complexity index is 1000. The maximum Gasteiger partial charge on any atom is 0.159 e. The molecule has 206 valence electrons. The summed E-state index contributed by atoms with van der Waals surface area (Å²) >= 11 is 0. The SMILES string of the molecule is CCCCCCCCCCCCc1ccc(-c2ncc(-c3ccc(OCC(F)CCCC)cc3)cn2)cc1. The Kier molecular flexibility index (Phi) is 13.9. The summed E-state index contributed by atoms with van der Waals surface area (Å²) in [6.45, 7) is 4.45. The lowest BCUT2D eigenvalue weighted by Gasteiger charge is -2.10. The summed E-state index contributed by atoms with van der Waals surface area (Å²) in [6.07, 6.45) is 20.1. The van der Waals surface area contributed by atoms with E-state index in [1.165, 1.54) is 69.8 Å². The first-order valence-corrected chi connectivity index (χ1v) is 15.0. The summed E-state index contributed by atoms with van der Waals surface area (Å²) in [5.41, 5.74) is 4.38. The summed E-state index contributed by atoms with van der Waals surface area (Å²) in [6, 6.07) is 16.4. The van der Waals surface area contributed by atoms with Gasteiger partial charge in [0.25, 0.3) is 0 Å². The van der Waals surface area contributed by atoms with Crippen LogP contribution in [0.2, 0.25) is 0 Å². The number of nitrogens with zero attached hydrogens (tertiary/aromatic N) is 2. The molecule has 0 aliphatic heterocycles. The van der Waals surface area contributed by atoms with Crippen LogP contribution in [0, 0.1) is 0 Å². The lowest BCUT2D eigenvalue weighted by molar-refractivity contribution is 0.184. The molecule has 0 saturated carbocycles. The first kappa shape index (κ1) is 29.8. The van der Waals surface area contributed by atoms with Crippen molar-refractivity contribution in [3.8, 4) is 28.3 Å². The van der Waals surface area contributed by atoms with Crippen molar-refractivity contribution in [1.82, 2.24) is 9.97 Å². The molecule has 38 heavy (non-hydrogen) atoms.